The molecule has 1 aliphatic heterocycles. The van der Waals surface area contributed by atoms with Gasteiger partial charge in [-0.3, -0.25) is 9.78 Å². The van der Waals surface area contributed by atoms with Crippen molar-refractivity contribution in [3.05, 3.63) is 40.2 Å². The highest BCUT2D eigenvalue weighted by atomic mass is 79.9. The van der Waals surface area contributed by atoms with E-state index in [1.54, 1.807) is 7.11 Å². The van der Waals surface area contributed by atoms with Gasteiger partial charge in [0.2, 0.25) is 5.95 Å². The number of nitrogens with zero attached hydrogens (tertiary/aromatic N) is 2. The van der Waals surface area contributed by atoms with E-state index in [-0.39, 0.29) is 16.6 Å². The highest BCUT2D eigenvalue weighted by molar-refractivity contribution is 9.09. The number of anilines is 3. The van der Waals surface area contributed by atoms with Crippen LogP contribution in [0.5, 0.6) is 5.75 Å². The second kappa shape index (κ2) is 5.28. The fraction of sp³-hybridized carbons (Fsp3) is 0.231. The number of aromatic amines is 1. The van der Waals surface area contributed by atoms with Gasteiger partial charge in [0.05, 0.1) is 7.11 Å². The molecule has 0 aliphatic carbocycles. The number of hydrogen-bond donors (Lipinski definition) is 3. The van der Waals surface area contributed by atoms with Crippen LogP contribution in [0.4, 0.5) is 17.5 Å². The summed E-state index contributed by atoms with van der Waals surface area (Å²) in [6.45, 7) is 0.559. The number of H-pyrrole nitrogens is 1. The first-order valence-electron chi connectivity index (χ1n) is 6.28. The molecule has 0 amide bonds. The maximum absolute atomic E-state index is 11.9. The van der Waals surface area contributed by atoms with Crippen LogP contribution in [0.3, 0.4) is 0 Å². The number of halogens is 1. The van der Waals surface area contributed by atoms with Gasteiger partial charge >= 0.3 is 0 Å². The zero-order chi connectivity index (χ0) is 15.0. The lowest BCUT2D eigenvalue weighted by Crippen LogP contribution is -2.30. The molecule has 1 aromatic heterocycles. The van der Waals surface area contributed by atoms with Gasteiger partial charge in [-0.05, 0) is 33.6 Å². The zero-order valence-electron chi connectivity index (χ0n) is 11.3. The Kier molecular flexibility index (Phi) is 3.46. The van der Waals surface area contributed by atoms with Gasteiger partial charge < -0.3 is 20.7 Å². The van der Waals surface area contributed by atoms with Gasteiger partial charge in [0.25, 0.3) is 5.56 Å². The lowest BCUT2D eigenvalue weighted by atomic mass is 10.2. The molecule has 7 nitrogen and oxygen atoms in total. The minimum absolute atomic E-state index is 0.0952. The van der Waals surface area contributed by atoms with E-state index in [0.29, 0.717) is 18.1 Å². The van der Waals surface area contributed by atoms with Crippen molar-refractivity contribution in [2.24, 2.45) is 0 Å². The minimum Gasteiger partial charge on any atom is -0.497 e. The maximum atomic E-state index is 11.9. The van der Waals surface area contributed by atoms with Crippen LogP contribution in [-0.2, 0) is 6.54 Å². The molecule has 1 aliphatic rings. The molecule has 1 unspecified atom stereocenters. The summed E-state index contributed by atoms with van der Waals surface area (Å²) in [5, 5.41) is 2.81. The number of fused-ring (bicyclic) bond motifs is 1. The maximum Gasteiger partial charge on any atom is 0.277 e. The molecule has 0 saturated carbocycles. The van der Waals surface area contributed by atoms with Gasteiger partial charge in [0.15, 0.2) is 10.9 Å². The molecular weight excluding hydrogens is 338 g/mol. The molecule has 0 spiro atoms. The van der Waals surface area contributed by atoms with E-state index in [0.717, 1.165) is 11.3 Å². The number of aromatic nitrogens is 2. The highest BCUT2D eigenvalue weighted by Gasteiger charge is 2.30. The Morgan fingerprint density at radius 1 is 1.52 bits per heavy atom. The molecule has 21 heavy (non-hydrogen) atoms. The standard InChI is InChI=1S/C13H14BrN5O2/c1-21-8-4-2-3-7(5-8)6-19-10-9(16-12(19)14)11(20)18-13(15)17-10/h2-5,12,16H,6H2,1H3,(H3,15,17,18,20). The minimum atomic E-state index is -0.282. The van der Waals surface area contributed by atoms with Crippen LogP contribution in [0.25, 0.3) is 0 Å². The topological polar surface area (TPSA) is 96.3 Å². The monoisotopic (exact) mass is 351 g/mol. The van der Waals surface area contributed by atoms with Crippen LogP contribution < -0.4 is 26.2 Å². The summed E-state index contributed by atoms with van der Waals surface area (Å²) < 4.78 is 5.22. The Morgan fingerprint density at radius 2 is 2.33 bits per heavy atom. The van der Waals surface area contributed by atoms with Crippen LogP contribution in [0.2, 0.25) is 0 Å². The normalized spacial score (nSPS) is 16.5. The smallest absolute Gasteiger partial charge is 0.277 e. The first kappa shape index (κ1) is 13.7. The number of methoxy groups -OCH3 is 1. The summed E-state index contributed by atoms with van der Waals surface area (Å²) in [4.78, 5) is 20.5. The Morgan fingerprint density at radius 3 is 3.10 bits per heavy atom. The van der Waals surface area contributed by atoms with Crippen molar-refractivity contribution in [3.8, 4) is 5.75 Å². The van der Waals surface area contributed by atoms with E-state index in [4.69, 9.17) is 10.5 Å². The fourth-order valence-corrected chi connectivity index (χ4v) is 2.81. The SMILES string of the molecule is COc1cccc(CN2c3nc(N)[nH]c(=O)c3NC2Br)c1. The van der Waals surface area contributed by atoms with Gasteiger partial charge in [-0.1, -0.05) is 12.1 Å². The highest BCUT2D eigenvalue weighted by Crippen LogP contribution is 2.33. The number of hydrogen-bond acceptors (Lipinski definition) is 6. The third kappa shape index (κ3) is 2.54. The average Bonchev–Trinajstić information content (AvgIpc) is 2.77. The quantitative estimate of drug-likeness (QED) is 0.572. The number of alkyl halides is 1. The van der Waals surface area contributed by atoms with E-state index in [1.165, 1.54) is 0 Å². The first-order chi connectivity index (χ1) is 10.1. The van der Waals surface area contributed by atoms with Crippen molar-refractivity contribution in [1.82, 2.24) is 9.97 Å². The molecule has 0 bridgehead atoms. The number of nitrogen functional groups attached to an aromatic ring is 1. The number of nitrogens with two attached hydrogens (primary N) is 1. The van der Waals surface area contributed by atoms with Crippen molar-refractivity contribution in [1.29, 1.82) is 0 Å². The van der Waals surface area contributed by atoms with Crippen molar-refractivity contribution in [2.75, 3.05) is 23.1 Å². The van der Waals surface area contributed by atoms with E-state index in [9.17, 15) is 4.79 Å². The number of rotatable bonds is 3. The van der Waals surface area contributed by atoms with Gasteiger partial charge in [0.1, 0.15) is 11.4 Å². The van der Waals surface area contributed by atoms with Crippen molar-refractivity contribution < 1.29 is 4.74 Å². The third-order valence-electron chi connectivity index (χ3n) is 3.21. The molecule has 0 fully saturated rings. The van der Waals surface area contributed by atoms with Gasteiger partial charge in [-0.2, -0.15) is 4.98 Å². The molecule has 2 heterocycles. The van der Waals surface area contributed by atoms with Crippen LogP contribution >= 0.6 is 15.9 Å². The second-order valence-corrected chi connectivity index (χ2v) is 5.48. The van der Waals surface area contributed by atoms with Crippen LogP contribution in [0.1, 0.15) is 5.56 Å². The Bertz CT molecular complexity index is 733. The lowest BCUT2D eigenvalue weighted by Gasteiger charge is -2.21. The van der Waals surface area contributed by atoms with Gasteiger partial charge in [-0.25, -0.2) is 0 Å². The zero-order valence-corrected chi connectivity index (χ0v) is 12.8. The average molecular weight is 352 g/mol. The lowest BCUT2D eigenvalue weighted by molar-refractivity contribution is 0.414. The number of nitrogens with one attached hydrogen (secondary N) is 2. The Labute approximate surface area is 129 Å². The molecule has 110 valence electrons. The van der Waals surface area contributed by atoms with Crippen LogP contribution in [0.15, 0.2) is 29.1 Å². The molecule has 1 aromatic carbocycles. The van der Waals surface area contributed by atoms with Gasteiger partial charge in [-0.15, -0.1) is 0 Å². The van der Waals surface area contributed by atoms with E-state index in [2.05, 4.69) is 31.2 Å². The van der Waals surface area contributed by atoms with Crippen LogP contribution in [0, 0.1) is 0 Å². The summed E-state index contributed by atoms with van der Waals surface area (Å²) in [7, 11) is 1.63. The van der Waals surface area contributed by atoms with Crippen molar-refractivity contribution in [2.45, 2.75) is 11.6 Å². The number of ether oxygens (including phenoxy) is 1. The van der Waals surface area contributed by atoms with Crippen molar-refractivity contribution >= 4 is 33.4 Å². The summed E-state index contributed by atoms with van der Waals surface area (Å²) in [5.74, 6) is 1.41. The molecule has 1 atom stereocenters. The Balaban J connectivity index is 1.95. The first-order valence-corrected chi connectivity index (χ1v) is 7.20. The largest absolute Gasteiger partial charge is 0.497 e. The second-order valence-electron chi connectivity index (χ2n) is 4.61. The molecule has 3 rings (SSSR count). The summed E-state index contributed by atoms with van der Waals surface area (Å²) in [6, 6.07) is 7.72. The van der Waals surface area contributed by atoms with Gasteiger partial charge in [0, 0.05) is 6.54 Å². The predicted octanol–water partition coefficient (Wildman–Crippen LogP) is 1.47. The molecule has 4 N–H and O–H groups in total. The number of benzene rings is 1. The molecule has 8 heteroatoms. The summed E-state index contributed by atoms with van der Waals surface area (Å²) in [6.07, 6.45) is 0. The van der Waals surface area contributed by atoms with Crippen molar-refractivity contribution in [3.63, 3.8) is 0 Å². The third-order valence-corrected chi connectivity index (χ3v) is 3.94. The summed E-state index contributed by atoms with van der Waals surface area (Å²) >= 11 is 3.49. The van der Waals surface area contributed by atoms with E-state index >= 15 is 0 Å². The van der Waals surface area contributed by atoms with E-state index in [1.807, 2.05) is 29.2 Å². The van der Waals surface area contributed by atoms with Crippen LogP contribution in [-0.4, -0.2) is 22.2 Å². The van der Waals surface area contributed by atoms with E-state index < -0.39 is 0 Å². The fourth-order valence-electron chi connectivity index (χ4n) is 2.24. The Hall–Kier alpha value is -2.22. The summed E-state index contributed by atoms with van der Waals surface area (Å²) in [5.41, 5.74) is 6.79. The predicted molar refractivity (Wildman–Crippen MR) is 84.8 cm³/mol. The molecule has 2 aromatic rings. The molecular formula is C13H14BrN5O2. The molecule has 0 radical (unpaired) electrons. The molecule has 0 saturated heterocycles.